The van der Waals surface area contributed by atoms with E-state index in [2.05, 4.69) is 27.3 Å². The third-order valence-corrected chi connectivity index (χ3v) is 4.17. The van der Waals surface area contributed by atoms with Crippen LogP contribution in [-0.2, 0) is 16.0 Å². The molecule has 0 radical (unpaired) electrons. The Bertz CT molecular complexity index is 416. The van der Waals surface area contributed by atoms with Crippen molar-refractivity contribution < 1.29 is 9.53 Å². The monoisotopic (exact) mass is 325 g/mol. The molecule has 1 aromatic carbocycles. The minimum atomic E-state index is 0.127. The van der Waals surface area contributed by atoms with E-state index in [1.807, 2.05) is 18.2 Å². The van der Waals surface area contributed by atoms with E-state index in [9.17, 15) is 4.79 Å². The number of ether oxygens (including phenoxy) is 1. The lowest BCUT2D eigenvalue weighted by Crippen LogP contribution is -2.26. The van der Waals surface area contributed by atoms with Gasteiger partial charge in [-0.05, 0) is 37.3 Å². The maximum absolute atomic E-state index is 11.7. The molecule has 104 valence electrons. The van der Waals surface area contributed by atoms with Crippen LogP contribution >= 0.6 is 15.9 Å². The summed E-state index contributed by atoms with van der Waals surface area (Å²) in [6, 6.07) is 8.10. The second-order valence-corrected chi connectivity index (χ2v) is 5.72. The topological polar surface area (TPSA) is 38.3 Å². The van der Waals surface area contributed by atoms with Gasteiger partial charge in [0.1, 0.15) is 0 Å². The molecule has 0 saturated carbocycles. The van der Waals surface area contributed by atoms with Crippen LogP contribution in [0.2, 0.25) is 0 Å². The van der Waals surface area contributed by atoms with Crippen LogP contribution in [-0.4, -0.2) is 25.2 Å². The quantitative estimate of drug-likeness (QED) is 0.872. The summed E-state index contributed by atoms with van der Waals surface area (Å²) in [7, 11) is 0. The lowest BCUT2D eigenvalue weighted by molar-refractivity contribution is -0.121. The Kier molecular flexibility index (Phi) is 5.86. The molecule has 1 fully saturated rings. The molecular weight excluding hydrogens is 306 g/mol. The number of carbonyl (C=O) groups excluding carboxylic acids is 1. The number of amides is 1. The van der Waals surface area contributed by atoms with Crippen LogP contribution in [0.3, 0.4) is 0 Å². The van der Waals surface area contributed by atoms with Crippen molar-refractivity contribution in [3.63, 3.8) is 0 Å². The average molecular weight is 326 g/mol. The molecule has 4 heteroatoms. The summed E-state index contributed by atoms with van der Waals surface area (Å²) in [6.07, 6.45) is 4.81. The number of benzene rings is 1. The minimum absolute atomic E-state index is 0.127. The van der Waals surface area contributed by atoms with Gasteiger partial charge in [-0.3, -0.25) is 4.79 Å². The Morgan fingerprint density at radius 1 is 1.42 bits per heavy atom. The van der Waals surface area contributed by atoms with Crippen molar-refractivity contribution in [2.75, 3.05) is 13.2 Å². The molecule has 19 heavy (non-hydrogen) atoms. The number of hydrogen-bond donors (Lipinski definition) is 1. The molecule has 1 atom stereocenters. The number of halogens is 1. The Hall–Kier alpha value is -0.870. The number of rotatable bonds is 6. The predicted molar refractivity (Wildman–Crippen MR) is 79.1 cm³/mol. The van der Waals surface area contributed by atoms with E-state index < -0.39 is 0 Å². The third kappa shape index (κ3) is 4.96. The highest BCUT2D eigenvalue weighted by atomic mass is 79.9. The second-order valence-electron chi connectivity index (χ2n) is 4.87. The molecule has 0 aromatic heterocycles. The molecule has 1 aliphatic heterocycles. The normalized spacial score (nSPS) is 18.5. The van der Waals surface area contributed by atoms with Gasteiger partial charge in [-0.2, -0.15) is 0 Å². The summed E-state index contributed by atoms with van der Waals surface area (Å²) >= 11 is 3.51. The van der Waals surface area contributed by atoms with Crippen LogP contribution in [0.25, 0.3) is 0 Å². The molecule has 1 N–H and O–H groups in total. The zero-order valence-electron chi connectivity index (χ0n) is 11.0. The molecule has 2 rings (SSSR count). The molecule has 1 amide bonds. The van der Waals surface area contributed by atoms with Crippen molar-refractivity contribution in [2.45, 2.75) is 38.2 Å². The van der Waals surface area contributed by atoms with Gasteiger partial charge >= 0.3 is 0 Å². The van der Waals surface area contributed by atoms with Crippen LogP contribution in [0.5, 0.6) is 0 Å². The van der Waals surface area contributed by atoms with Crippen LogP contribution in [0.15, 0.2) is 28.7 Å². The van der Waals surface area contributed by atoms with Crippen molar-refractivity contribution in [2.24, 2.45) is 0 Å². The zero-order chi connectivity index (χ0) is 13.5. The molecule has 1 aromatic rings. The maximum atomic E-state index is 11.7. The van der Waals surface area contributed by atoms with Gasteiger partial charge in [-0.1, -0.05) is 34.1 Å². The summed E-state index contributed by atoms with van der Waals surface area (Å²) in [4.78, 5) is 11.7. The molecule has 1 saturated heterocycles. The van der Waals surface area contributed by atoms with E-state index in [0.29, 0.717) is 19.1 Å². The summed E-state index contributed by atoms with van der Waals surface area (Å²) in [5, 5.41) is 2.97. The first kappa shape index (κ1) is 14.5. The number of carbonyl (C=O) groups is 1. The number of hydrogen-bond acceptors (Lipinski definition) is 2. The fourth-order valence-electron chi connectivity index (χ4n) is 2.29. The van der Waals surface area contributed by atoms with Gasteiger partial charge in [-0.25, -0.2) is 0 Å². The van der Waals surface area contributed by atoms with Crippen molar-refractivity contribution in [3.05, 3.63) is 34.3 Å². The summed E-state index contributed by atoms with van der Waals surface area (Å²) in [5.74, 6) is 0.127. The number of nitrogens with one attached hydrogen (secondary N) is 1. The lowest BCUT2D eigenvalue weighted by Gasteiger charge is -2.09. The first-order valence-electron chi connectivity index (χ1n) is 6.87. The molecule has 1 aliphatic rings. The second kappa shape index (κ2) is 7.65. The van der Waals surface area contributed by atoms with Gasteiger partial charge in [0.05, 0.1) is 6.10 Å². The Morgan fingerprint density at radius 3 is 3.00 bits per heavy atom. The van der Waals surface area contributed by atoms with E-state index in [0.717, 1.165) is 36.8 Å². The SMILES string of the molecule is O=C(CC[C@H]1CCCO1)NCCc1ccccc1Br. The molecular formula is C15H20BrNO2. The van der Waals surface area contributed by atoms with Gasteiger partial charge in [0.2, 0.25) is 5.91 Å². The molecule has 3 nitrogen and oxygen atoms in total. The lowest BCUT2D eigenvalue weighted by atomic mass is 10.1. The Balaban J connectivity index is 1.62. The summed E-state index contributed by atoms with van der Waals surface area (Å²) < 4.78 is 6.61. The third-order valence-electron chi connectivity index (χ3n) is 3.39. The van der Waals surface area contributed by atoms with Crippen LogP contribution in [0.1, 0.15) is 31.2 Å². The van der Waals surface area contributed by atoms with Gasteiger partial charge < -0.3 is 10.1 Å². The standard InChI is InChI=1S/C15H20BrNO2/c16-14-6-2-1-4-12(14)9-10-17-15(18)8-7-13-5-3-11-19-13/h1-2,4,6,13H,3,5,7-11H2,(H,17,18)/t13-/m1/s1. The summed E-state index contributed by atoms with van der Waals surface area (Å²) in [5.41, 5.74) is 1.22. The smallest absolute Gasteiger partial charge is 0.220 e. The molecule has 1 heterocycles. The zero-order valence-corrected chi connectivity index (χ0v) is 12.6. The van der Waals surface area contributed by atoms with Gasteiger partial charge in [0.15, 0.2) is 0 Å². The van der Waals surface area contributed by atoms with E-state index >= 15 is 0 Å². The van der Waals surface area contributed by atoms with Crippen LogP contribution < -0.4 is 5.32 Å². The minimum Gasteiger partial charge on any atom is -0.378 e. The van der Waals surface area contributed by atoms with E-state index in [1.165, 1.54) is 5.56 Å². The Morgan fingerprint density at radius 2 is 2.26 bits per heavy atom. The highest BCUT2D eigenvalue weighted by Crippen LogP contribution is 2.17. The predicted octanol–water partition coefficient (Wildman–Crippen LogP) is 3.07. The highest BCUT2D eigenvalue weighted by molar-refractivity contribution is 9.10. The molecule has 0 bridgehead atoms. The maximum Gasteiger partial charge on any atom is 0.220 e. The largest absolute Gasteiger partial charge is 0.378 e. The van der Waals surface area contributed by atoms with Gasteiger partial charge in [0.25, 0.3) is 0 Å². The molecule has 0 spiro atoms. The summed E-state index contributed by atoms with van der Waals surface area (Å²) in [6.45, 7) is 1.54. The first-order chi connectivity index (χ1) is 9.25. The van der Waals surface area contributed by atoms with Gasteiger partial charge in [0, 0.05) is 24.0 Å². The fourth-order valence-corrected chi connectivity index (χ4v) is 2.77. The highest BCUT2D eigenvalue weighted by Gasteiger charge is 2.16. The van der Waals surface area contributed by atoms with Crippen molar-refractivity contribution in [3.8, 4) is 0 Å². The van der Waals surface area contributed by atoms with Crippen LogP contribution in [0.4, 0.5) is 0 Å². The van der Waals surface area contributed by atoms with E-state index in [-0.39, 0.29) is 5.91 Å². The van der Waals surface area contributed by atoms with Crippen LogP contribution in [0, 0.1) is 0 Å². The molecule has 0 aliphatic carbocycles. The van der Waals surface area contributed by atoms with E-state index in [4.69, 9.17) is 4.74 Å². The average Bonchev–Trinajstić information content (AvgIpc) is 2.92. The van der Waals surface area contributed by atoms with Crippen molar-refractivity contribution >= 4 is 21.8 Å². The van der Waals surface area contributed by atoms with E-state index in [1.54, 1.807) is 0 Å². The fraction of sp³-hybridized carbons (Fsp3) is 0.533. The molecule has 0 unspecified atom stereocenters. The van der Waals surface area contributed by atoms with Crippen molar-refractivity contribution in [1.82, 2.24) is 5.32 Å². The van der Waals surface area contributed by atoms with Gasteiger partial charge in [-0.15, -0.1) is 0 Å². The Labute approximate surface area is 122 Å². The van der Waals surface area contributed by atoms with Crippen molar-refractivity contribution in [1.29, 1.82) is 0 Å². The first-order valence-corrected chi connectivity index (χ1v) is 7.66.